The van der Waals surface area contributed by atoms with Crippen molar-refractivity contribution in [1.82, 2.24) is 4.90 Å². The molecule has 1 N–H and O–H groups in total. The van der Waals surface area contributed by atoms with E-state index in [1.807, 2.05) is 41.3 Å². The Hall–Kier alpha value is -2.29. The quantitative estimate of drug-likeness (QED) is 0.912. The molecule has 0 saturated heterocycles. The first-order valence-corrected chi connectivity index (χ1v) is 7.87. The van der Waals surface area contributed by atoms with Crippen molar-refractivity contribution in [3.05, 3.63) is 65.2 Å². The first-order valence-electron chi connectivity index (χ1n) is 7.87. The first-order chi connectivity index (χ1) is 10.6. The third kappa shape index (κ3) is 2.37. The number of amides is 1. The fourth-order valence-electron chi connectivity index (χ4n) is 3.04. The van der Waals surface area contributed by atoms with Crippen LogP contribution in [0.3, 0.4) is 0 Å². The van der Waals surface area contributed by atoms with Crippen LogP contribution >= 0.6 is 0 Å². The van der Waals surface area contributed by atoms with Gasteiger partial charge in [0, 0.05) is 11.7 Å². The van der Waals surface area contributed by atoms with Crippen LogP contribution in [0.1, 0.15) is 47.9 Å². The first kappa shape index (κ1) is 14.6. The van der Waals surface area contributed by atoms with Crippen LogP contribution in [0.2, 0.25) is 0 Å². The zero-order valence-electron chi connectivity index (χ0n) is 13.3. The van der Waals surface area contributed by atoms with Gasteiger partial charge in [-0.15, -0.1) is 0 Å². The Morgan fingerprint density at radius 1 is 1.14 bits per heavy atom. The molecule has 1 aliphatic heterocycles. The fraction of sp³-hybridized carbons (Fsp3) is 0.316. The second-order valence-electron chi connectivity index (χ2n) is 5.92. The van der Waals surface area contributed by atoms with Gasteiger partial charge in [-0.2, -0.15) is 0 Å². The molecular formula is C19H22N2O. The predicted octanol–water partition coefficient (Wildman–Crippen LogP) is 4.36. The highest BCUT2D eigenvalue weighted by Crippen LogP contribution is 2.35. The zero-order chi connectivity index (χ0) is 15.7. The maximum absolute atomic E-state index is 13.0. The molecule has 1 heterocycles. The maximum Gasteiger partial charge on any atom is 0.258 e. The number of aryl methyl sites for hydroxylation is 1. The molecule has 3 rings (SSSR count). The molecule has 2 aromatic carbocycles. The number of hydrogen-bond acceptors (Lipinski definition) is 2. The summed E-state index contributed by atoms with van der Waals surface area (Å²) in [4.78, 5) is 15.0. The zero-order valence-corrected chi connectivity index (χ0v) is 13.3. The molecule has 2 aromatic rings. The number of hydrogen-bond donors (Lipinski definition) is 1. The van der Waals surface area contributed by atoms with Crippen molar-refractivity contribution in [1.29, 1.82) is 0 Å². The van der Waals surface area contributed by atoms with Gasteiger partial charge in [0.1, 0.15) is 6.17 Å². The van der Waals surface area contributed by atoms with Gasteiger partial charge in [-0.3, -0.25) is 4.79 Å². The summed E-state index contributed by atoms with van der Waals surface area (Å²) in [6.07, 6.45) is 0.816. The van der Waals surface area contributed by atoms with Gasteiger partial charge in [0.05, 0.1) is 5.56 Å². The van der Waals surface area contributed by atoms with Crippen LogP contribution in [-0.2, 0) is 0 Å². The molecule has 0 bridgehead atoms. The lowest BCUT2D eigenvalue weighted by Crippen LogP contribution is -2.47. The number of para-hydroxylation sites is 1. The number of nitrogens with zero attached hydrogens (tertiary/aromatic N) is 1. The van der Waals surface area contributed by atoms with Gasteiger partial charge in [-0.25, -0.2) is 0 Å². The van der Waals surface area contributed by atoms with E-state index in [2.05, 4.69) is 38.2 Å². The minimum Gasteiger partial charge on any atom is -0.361 e. The van der Waals surface area contributed by atoms with Crippen molar-refractivity contribution in [3.8, 4) is 0 Å². The Morgan fingerprint density at radius 3 is 2.55 bits per heavy atom. The topological polar surface area (TPSA) is 32.3 Å². The molecule has 0 aromatic heterocycles. The normalized spacial score (nSPS) is 18.6. The number of nitrogens with one attached hydrogen (secondary N) is 1. The molecule has 3 nitrogen and oxygen atoms in total. The summed E-state index contributed by atoms with van der Waals surface area (Å²) in [5, 5.41) is 3.55. The lowest BCUT2D eigenvalue weighted by molar-refractivity contribution is 0.0593. The molecule has 0 saturated carbocycles. The van der Waals surface area contributed by atoms with Gasteiger partial charge in [-0.05, 0) is 43.5 Å². The SMILES string of the molecule is CCC(C)N1C(=O)c2ccccc2NC1c1ccccc1C. The molecule has 0 fully saturated rings. The van der Waals surface area contributed by atoms with Gasteiger partial charge < -0.3 is 10.2 Å². The highest BCUT2D eigenvalue weighted by molar-refractivity contribution is 6.01. The van der Waals surface area contributed by atoms with Crippen molar-refractivity contribution >= 4 is 11.6 Å². The summed E-state index contributed by atoms with van der Waals surface area (Å²) in [6.45, 7) is 6.32. The molecule has 0 spiro atoms. The van der Waals surface area contributed by atoms with Gasteiger partial charge in [-0.1, -0.05) is 43.3 Å². The Kier molecular flexibility index (Phi) is 3.88. The number of carbonyl (C=O) groups is 1. The molecule has 22 heavy (non-hydrogen) atoms. The number of rotatable bonds is 3. The van der Waals surface area contributed by atoms with E-state index in [1.165, 1.54) is 5.56 Å². The second kappa shape index (κ2) is 5.84. The van der Waals surface area contributed by atoms with Crippen LogP contribution in [0.25, 0.3) is 0 Å². The fourth-order valence-corrected chi connectivity index (χ4v) is 3.04. The molecule has 0 radical (unpaired) electrons. The Balaban J connectivity index is 2.11. The summed E-state index contributed by atoms with van der Waals surface area (Å²) < 4.78 is 0. The van der Waals surface area contributed by atoms with Gasteiger partial charge in [0.2, 0.25) is 0 Å². The molecule has 2 atom stereocenters. The minimum atomic E-state index is -0.112. The average molecular weight is 294 g/mol. The van der Waals surface area contributed by atoms with E-state index in [0.717, 1.165) is 23.2 Å². The maximum atomic E-state index is 13.0. The highest BCUT2D eigenvalue weighted by Gasteiger charge is 2.35. The monoisotopic (exact) mass is 294 g/mol. The van der Waals surface area contributed by atoms with Crippen LogP contribution in [0.4, 0.5) is 5.69 Å². The van der Waals surface area contributed by atoms with Crippen LogP contribution < -0.4 is 5.32 Å². The van der Waals surface area contributed by atoms with E-state index < -0.39 is 0 Å². The summed E-state index contributed by atoms with van der Waals surface area (Å²) in [5.74, 6) is 0.108. The average Bonchev–Trinajstić information content (AvgIpc) is 2.54. The summed E-state index contributed by atoms with van der Waals surface area (Å²) in [5.41, 5.74) is 4.03. The van der Waals surface area contributed by atoms with E-state index in [4.69, 9.17) is 0 Å². The smallest absolute Gasteiger partial charge is 0.258 e. The molecular weight excluding hydrogens is 272 g/mol. The summed E-state index contributed by atoms with van der Waals surface area (Å²) in [7, 11) is 0. The minimum absolute atomic E-state index is 0.108. The number of carbonyl (C=O) groups excluding carboxylic acids is 1. The molecule has 3 heteroatoms. The van der Waals surface area contributed by atoms with E-state index >= 15 is 0 Å². The van der Waals surface area contributed by atoms with E-state index in [1.54, 1.807) is 0 Å². The van der Waals surface area contributed by atoms with Gasteiger partial charge >= 0.3 is 0 Å². The summed E-state index contributed by atoms with van der Waals surface area (Å²) in [6, 6.07) is 16.2. The second-order valence-corrected chi connectivity index (χ2v) is 5.92. The largest absolute Gasteiger partial charge is 0.361 e. The van der Waals surface area contributed by atoms with Crippen molar-refractivity contribution in [2.24, 2.45) is 0 Å². The molecule has 1 aliphatic rings. The number of anilines is 1. The van der Waals surface area contributed by atoms with Crippen LogP contribution in [-0.4, -0.2) is 16.8 Å². The number of fused-ring (bicyclic) bond motifs is 1. The molecule has 0 aliphatic carbocycles. The third-order valence-electron chi connectivity index (χ3n) is 4.51. The van der Waals surface area contributed by atoms with E-state index in [0.29, 0.717) is 0 Å². The summed E-state index contributed by atoms with van der Waals surface area (Å²) >= 11 is 0. The predicted molar refractivity (Wildman–Crippen MR) is 89.9 cm³/mol. The van der Waals surface area contributed by atoms with Crippen LogP contribution in [0.5, 0.6) is 0 Å². The Morgan fingerprint density at radius 2 is 1.82 bits per heavy atom. The lowest BCUT2D eigenvalue weighted by Gasteiger charge is -2.42. The van der Waals surface area contributed by atoms with Crippen molar-refractivity contribution in [2.75, 3.05) is 5.32 Å². The van der Waals surface area contributed by atoms with E-state index in [-0.39, 0.29) is 18.1 Å². The van der Waals surface area contributed by atoms with Gasteiger partial charge in [0.15, 0.2) is 0 Å². The third-order valence-corrected chi connectivity index (χ3v) is 4.51. The van der Waals surface area contributed by atoms with Gasteiger partial charge in [0.25, 0.3) is 5.91 Å². The highest BCUT2D eigenvalue weighted by atomic mass is 16.2. The lowest BCUT2D eigenvalue weighted by atomic mass is 9.98. The Labute approximate surface area is 132 Å². The van der Waals surface area contributed by atoms with Crippen molar-refractivity contribution in [2.45, 2.75) is 39.4 Å². The van der Waals surface area contributed by atoms with E-state index in [9.17, 15) is 4.79 Å². The van der Waals surface area contributed by atoms with Crippen LogP contribution in [0, 0.1) is 6.92 Å². The number of benzene rings is 2. The van der Waals surface area contributed by atoms with Crippen LogP contribution in [0.15, 0.2) is 48.5 Å². The standard InChI is InChI=1S/C19H22N2O/c1-4-14(3)21-18(15-10-6-5-9-13(15)2)20-17-12-8-7-11-16(17)19(21)22/h5-12,14,18,20H,4H2,1-3H3. The Bertz CT molecular complexity index is 695. The van der Waals surface area contributed by atoms with Crippen molar-refractivity contribution in [3.63, 3.8) is 0 Å². The molecule has 1 amide bonds. The van der Waals surface area contributed by atoms with Crippen molar-refractivity contribution < 1.29 is 4.79 Å². The molecule has 114 valence electrons. The molecule has 2 unspecified atom stereocenters.